The van der Waals surface area contributed by atoms with Crippen LogP contribution in [0.15, 0.2) is 18.2 Å². The zero-order valence-electron chi connectivity index (χ0n) is 10.3. The van der Waals surface area contributed by atoms with Crippen LogP contribution in [0.2, 0.25) is 5.02 Å². The van der Waals surface area contributed by atoms with E-state index < -0.39 is 0 Å². The van der Waals surface area contributed by atoms with Crippen LogP contribution in [-0.2, 0) is 6.54 Å². The summed E-state index contributed by atoms with van der Waals surface area (Å²) >= 11 is 6.01. The fourth-order valence-corrected chi connectivity index (χ4v) is 2.07. The molecule has 0 radical (unpaired) electrons. The lowest BCUT2D eigenvalue weighted by Gasteiger charge is -2.20. The minimum atomic E-state index is 0.360. The van der Waals surface area contributed by atoms with E-state index in [1.54, 1.807) is 0 Å². The fourth-order valence-electron chi connectivity index (χ4n) is 1.75. The summed E-state index contributed by atoms with van der Waals surface area (Å²) in [6.45, 7) is 7.89. The second-order valence-electron chi connectivity index (χ2n) is 4.60. The van der Waals surface area contributed by atoms with Crippen molar-refractivity contribution in [2.45, 2.75) is 33.4 Å². The first-order chi connectivity index (χ1) is 7.52. The summed E-state index contributed by atoms with van der Waals surface area (Å²) in [6.07, 6.45) is 0. The fraction of sp³-hybridized carbons (Fsp3) is 0.538. The molecule has 0 heterocycles. The minimum Gasteiger partial charge on any atom is -0.329 e. The molecule has 0 amide bonds. The Morgan fingerprint density at radius 2 is 2.00 bits per heavy atom. The number of hydrogen-bond acceptors (Lipinski definition) is 2. The Labute approximate surface area is 103 Å². The van der Waals surface area contributed by atoms with E-state index in [2.05, 4.69) is 32.2 Å². The van der Waals surface area contributed by atoms with Crippen molar-refractivity contribution in [1.82, 2.24) is 5.32 Å². The van der Waals surface area contributed by atoms with Gasteiger partial charge in [-0.1, -0.05) is 31.5 Å². The molecule has 1 unspecified atom stereocenters. The molecule has 0 aliphatic heterocycles. The molecule has 3 N–H and O–H groups in total. The molecule has 0 spiro atoms. The van der Waals surface area contributed by atoms with Gasteiger partial charge in [0.25, 0.3) is 0 Å². The number of aryl methyl sites for hydroxylation is 1. The lowest BCUT2D eigenvalue weighted by Crippen LogP contribution is -2.39. The van der Waals surface area contributed by atoms with Crippen LogP contribution >= 0.6 is 11.6 Å². The molecule has 3 heteroatoms. The molecule has 0 bridgehead atoms. The molecule has 0 fully saturated rings. The van der Waals surface area contributed by atoms with Gasteiger partial charge < -0.3 is 11.1 Å². The maximum Gasteiger partial charge on any atom is 0.0411 e. The second kappa shape index (κ2) is 6.24. The van der Waals surface area contributed by atoms with Crippen LogP contribution in [0, 0.1) is 12.8 Å². The van der Waals surface area contributed by atoms with Gasteiger partial charge >= 0.3 is 0 Å². The Kier molecular flexibility index (Phi) is 5.26. The summed E-state index contributed by atoms with van der Waals surface area (Å²) in [4.78, 5) is 0. The van der Waals surface area contributed by atoms with Gasteiger partial charge in [-0.15, -0.1) is 0 Å². The van der Waals surface area contributed by atoms with E-state index in [0.29, 0.717) is 18.5 Å². The second-order valence-corrected chi connectivity index (χ2v) is 5.04. The number of nitrogens with one attached hydrogen (secondary N) is 1. The Morgan fingerprint density at radius 1 is 1.31 bits per heavy atom. The van der Waals surface area contributed by atoms with Crippen molar-refractivity contribution in [3.63, 3.8) is 0 Å². The van der Waals surface area contributed by atoms with Gasteiger partial charge in [0.1, 0.15) is 0 Å². The lowest BCUT2D eigenvalue weighted by atomic mass is 10.0. The summed E-state index contributed by atoms with van der Waals surface area (Å²) in [6, 6.07) is 6.47. The Hall–Kier alpha value is -0.570. The highest BCUT2D eigenvalue weighted by molar-refractivity contribution is 6.30. The van der Waals surface area contributed by atoms with Crippen LogP contribution < -0.4 is 11.1 Å². The van der Waals surface area contributed by atoms with Crippen molar-refractivity contribution in [2.24, 2.45) is 11.7 Å². The van der Waals surface area contributed by atoms with Gasteiger partial charge in [0.15, 0.2) is 0 Å². The molecule has 2 nitrogen and oxygen atoms in total. The number of hydrogen-bond donors (Lipinski definition) is 2. The third-order valence-electron chi connectivity index (χ3n) is 2.73. The first-order valence-electron chi connectivity index (χ1n) is 5.72. The summed E-state index contributed by atoms with van der Waals surface area (Å²) in [5.74, 6) is 0.547. The topological polar surface area (TPSA) is 38.0 Å². The number of rotatable bonds is 5. The predicted molar refractivity (Wildman–Crippen MR) is 70.7 cm³/mol. The summed E-state index contributed by atoms with van der Waals surface area (Å²) in [5, 5.41) is 4.25. The maximum absolute atomic E-state index is 6.01. The molecular formula is C13H21ClN2. The highest BCUT2D eigenvalue weighted by Gasteiger charge is 2.10. The third-order valence-corrected chi connectivity index (χ3v) is 2.95. The van der Waals surface area contributed by atoms with E-state index in [9.17, 15) is 0 Å². The van der Waals surface area contributed by atoms with Crippen LogP contribution in [0.25, 0.3) is 0 Å². The predicted octanol–water partition coefficient (Wildman–Crippen LogP) is 2.72. The van der Waals surface area contributed by atoms with E-state index in [1.807, 2.05) is 12.1 Å². The summed E-state index contributed by atoms with van der Waals surface area (Å²) < 4.78 is 0. The summed E-state index contributed by atoms with van der Waals surface area (Å²) in [7, 11) is 0. The van der Waals surface area contributed by atoms with Crippen LogP contribution in [0.5, 0.6) is 0 Å². The zero-order valence-corrected chi connectivity index (χ0v) is 11.0. The van der Waals surface area contributed by atoms with Crippen LogP contribution in [0.3, 0.4) is 0 Å². The molecule has 90 valence electrons. The van der Waals surface area contributed by atoms with Gasteiger partial charge in [0.05, 0.1) is 0 Å². The van der Waals surface area contributed by atoms with Crippen molar-refractivity contribution in [3.05, 3.63) is 34.3 Å². The van der Waals surface area contributed by atoms with Crippen molar-refractivity contribution in [1.29, 1.82) is 0 Å². The average molecular weight is 241 g/mol. The zero-order chi connectivity index (χ0) is 12.1. The molecule has 1 aromatic rings. The van der Waals surface area contributed by atoms with E-state index >= 15 is 0 Å². The van der Waals surface area contributed by atoms with Crippen molar-refractivity contribution < 1.29 is 0 Å². The van der Waals surface area contributed by atoms with Gasteiger partial charge in [0.2, 0.25) is 0 Å². The standard InChI is InChI=1S/C13H21ClN2/c1-9(2)13(7-15)16-8-11-4-10(3)5-12(14)6-11/h4-6,9,13,16H,7-8,15H2,1-3H3. The molecule has 0 saturated heterocycles. The highest BCUT2D eigenvalue weighted by Crippen LogP contribution is 2.14. The molecule has 1 rings (SSSR count). The largest absolute Gasteiger partial charge is 0.329 e. The van der Waals surface area contributed by atoms with Crippen molar-refractivity contribution in [2.75, 3.05) is 6.54 Å². The van der Waals surface area contributed by atoms with E-state index in [0.717, 1.165) is 11.6 Å². The smallest absolute Gasteiger partial charge is 0.0411 e. The Morgan fingerprint density at radius 3 is 2.50 bits per heavy atom. The monoisotopic (exact) mass is 240 g/mol. The Bertz CT molecular complexity index is 316. The third kappa shape index (κ3) is 4.12. The molecule has 0 aliphatic rings. The molecular weight excluding hydrogens is 220 g/mol. The molecule has 0 aliphatic carbocycles. The van der Waals surface area contributed by atoms with Crippen LogP contribution in [-0.4, -0.2) is 12.6 Å². The quantitative estimate of drug-likeness (QED) is 0.831. The van der Waals surface area contributed by atoms with E-state index in [-0.39, 0.29) is 0 Å². The van der Waals surface area contributed by atoms with Gasteiger partial charge in [-0.2, -0.15) is 0 Å². The molecule has 0 aromatic heterocycles. The first-order valence-corrected chi connectivity index (χ1v) is 6.10. The van der Waals surface area contributed by atoms with E-state index in [1.165, 1.54) is 11.1 Å². The molecule has 0 saturated carbocycles. The molecule has 1 aromatic carbocycles. The minimum absolute atomic E-state index is 0.360. The molecule has 16 heavy (non-hydrogen) atoms. The maximum atomic E-state index is 6.01. The van der Waals surface area contributed by atoms with Crippen molar-refractivity contribution >= 4 is 11.6 Å². The van der Waals surface area contributed by atoms with Gasteiger partial charge in [-0.05, 0) is 36.1 Å². The van der Waals surface area contributed by atoms with Crippen LogP contribution in [0.4, 0.5) is 0 Å². The van der Waals surface area contributed by atoms with Gasteiger partial charge in [-0.3, -0.25) is 0 Å². The van der Waals surface area contributed by atoms with Crippen LogP contribution in [0.1, 0.15) is 25.0 Å². The highest BCUT2D eigenvalue weighted by atomic mass is 35.5. The SMILES string of the molecule is Cc1cc(Cl)cc(CNC(CN)C(C)C)c1. The normalized spacial score (nSPS) is 13.1. The average Bonchev–Trinajstić information content (AvgIpc) is 2.16. The number of benzene rings is 1. The number of nitrogens with two attached hydrogens (primary N) is 1. The van der Waals surface area contributed by atoms with Gasteiger partial charge in [0, 0.05) is 24.2 Å². The van der Waals surface area contributed by atoms with E-state index in [4.69, 9.17) is 17.3 Å². The van der Waals surface area contributed by atoms with Gasteiger partial charge in [-0.25, -0.2) is 0 Å². The Balaban J connectivity index is 2.60. The molecule has 1 atom stereocenters. The number of halogens is 1. The van der Waals surface area contributed by atoms with Crippen molar-refractivity contribution in [3.8, 4) is 0 Å². The first kappa shape index (κ1) is 13.5. The lowest BCUT2D eigenvalue weighted by molar-refractivity contribution is 0.405. The summed E-state index contributed by atoms with van der Waals surface area (Å²) in [5.41, 5.74) is 8.11.